The molecule has 0 unspecified atom stereocenters. The van der Waals surface area contributed by atoms with Gasteiger partial charge in [-0.2, -0.15) is 10.2 Å². The lowest BCUT2D eigenvalue weighted by atomic mass is 10.2. The maximum atomic E-state index is 12.7. The van der Waals surface area contributed by atoms with E-state index in [1.165, 1.54) is 6.07 Å². The van der Waals surface area contributed by atoms with Crippen LogP contribution in [0.25, 0.3) is 33.7 Å². The Morgan fingerprint density at radius 3 is 2.60 bits per heavy atom. The molecule has 4 aromatic heterocycles. The van der Waals surface area contributed by atoms with Crippen molar-refractivity contribution < 1.29 is 0 Å². The van der Waals surface area contributed by atoms with Crippen LogP contribution in [0.1, 0.15) is 0 Å². The summed E-state index contributed by atoms with van der Waals surface area (Å²) in [6.07, 6.45) is 6.46. The molecule has 0 atom stereocenters. The Morgan fingerprint density at radius 1 is 0.867 bits per heavy atom. The monoisotopic (exact) mass is 434 g/mol. The van der Waals surface area contributed by atoms with Crippen molar-refractivity contribution in [1.29, 1.82) is 0 Å². The molecule has 0 saturated carbocycles. The van der Waals surface area contributed by atoms with Crippen LogP contribution in [-0.2, 0) is 0 Å². The first-order valence-electron chi connectivity index (χ1n) is 8.91. The predicted molar refractivity (Wildman–Crippen MR) is 116 cm³/mol. The number of hydrogen-bond donors (Lipinski definition) is 0. The van der Waals surface area contributed by atoms with Crippen LogP contribution in [0.5, 0.6) is 0 Å². The van der Waals surface area contributed by atoms with Crippen molar-refractivity contribution in [1.82, 2.24) is 29.5 Å². The second kappa shape index (κ2) is 7.37. The molecule has 0 aliphatic rings. The first-order chi connectivity index (χ1) is 14.6. The van der Waals surface area contributed by atoms with Gasteiger partial charge < -0.3 is 0 Å². The van der Waals surface area contributed by atoms with Crippen molar-refractivity contribution in [2.24, 2.45) is 0 Å². The quantitative estimate of drug-likeness (QED) is 0.394. The summed E-state index contributed by atoms with van der Waals surface area (Å²) >= 11 is 12.1. The van der Waals surface area contributed by atoms with Crippen LogP contribution in [0.3, 0.4) is 0 Å². The lowest BCUT2D eigenvalue weighted by molar-refractivity contribution is 0.822. The molecule has 0 amide bonds. The van der Waals surface area contributed by atoms with Crippen molar-refractivity contribution in [3.63, 3.8) is 0 Å². The summed E-state index contributed by atoms with van der Waals surface area (Å²) in [5.41, 5.74) is 2.76. The third-order valence-corrected chi connectivity index (χ3v) is 5.02. The van der Waals surface area contributed by atoms with Gasteiger partial charge in [-0.05, 0) is 36.4 Å². The van der Waals surface area contributed by atoms with E-state index in [4.69, 9.17) is 23.2 Å². The van der Waals surface area contributed by atoms with Crippen molar-refractivity contribution in [2.75, 3.05) is 0 Å². The second-order valence-electron chi connectivity index (χ2n) is 6.43. The molecule has 7 nitrogen and oxygen atoms in total. The highest BCUT2D eigenvalue weighted by molar-refractivity contribution is 6.31. The molecular formula is C21H12Cl2N6O. The number of fused-ring (bicyclic) bond motifs is 1. The highest BCUT2D eigenvalue weighted by atomic mass is 35.5. The molecule has 4 heterocycles. The maximum absolute atomic E-state index is 12.7. The average molecular weight is 435 g/mol. The maximum Gasteiger partial charge on any atom is 0.209 e. The number of pyridine rings is 2. The summed E-state index contributed by atoms with van der Waals surface area (Å²) in [4.78, 5) is 21.0. The highest BCUT2D eigenvalue weighted by Crippen LogP contribution is 2.26. The molecule has 0 aliphatic carbocycles. The topological polar surface area (TPSA) is 78.5 Å². The summed E-state index contributed by atoms with van der Waals surface area (Å²) in [7, 11) is 0. The predicted octanol–water partition coefficient (Wildman–Crippen LogP) is 4.34. The molecular weight excluding hydrogens is 423 g/mol. The minimum atomic E-state index is -0.227. The zero-order chi connectivity index (χ0) is 20.7. The van der Waals surface area contributed by atoms with Crippen LogP contribution in [0, 0.1) is 0 Å². The van der Waals surface area contributed by atoms with Gasteiger partial charge in [0.05, 0.1) is 28.8 Å². The van der Waals surface area contributed by atoms with Crippen molar-refractivity contribution in [3.8, 4) is 22.8 Å². The van der Waals surface area contributed by atoms with E-state index in [0.29, 0.717) is 21.6 Å². The Morgan fingerprint density at radius 2 is 1.73 bits per heavy atom. The standard InChI is InChI=1S/C21H12Cl2N6O/c22-13-1-2-15-16(11-13)24-8-4-17(15)29-18(5-9-26-29)21-19(30)6-10-28(27-21)14-3-7-25-20(23)12-14/h1-12H. The molecule has 0 saturated heterocycles. The van der Waals surface area contributed by atoms with Gasteiger partial charge in [-0.25, -0.2) is 14.3 Å². The molecule has 0 N–H and O–H groups in total. The minimum Gasteiger partial charge on any atom is -0.287 e. The molecule has 0 spiro atoms. The third-order valence-electron chi connectivity index (χ3n) is 4.58. The summed E-state index contributed by atoms with van der Waals surface area (Å²) in [5.74, 6) is 0. The van der Waals surface area contributed by atoms with Gasteiger partial charge in [-0.3, -0.25) is 9.78 Å². The van der Waals surface area contributed by atoms with E-state index in [9.17, 15) is 4.79 Å². The largest absolute Gasteiger partial charge is 0.287 e. The van der Waals surface area contributed by atoms with Crippen LogP contribution >= 0.6 is 23.2 Å². The number of nitrogens with zero attached hydrogens (tertiary/aromatic N) is 6. The van der Waals surface area contributed by atoms with E-state index in [1.54, 1.807) is 64.5 Å². The SMILES string of the molecule is O=c1ccn(-c2ccnc(Cl)c2)nc1-c1ccnn1-c1ccnc2cc(Cl)ccc12. The first-order valence-corrected chi connectivity index (χ1v) is 9.67. The molecule has 1 aromatic carbocycles. The summed E-state index contributed by atoms with van der Waals surface area (Å²) in [6, 6.07) is 13.9. The molecule has 9 heteroatoms. The van der Waals surface area contributed by atoms with Gasteiger partial charge in [0, 0.05) is 41.1 Å². The number of hydrogen-bond acceptors (Lipinski definition) is 5. The van der Waals surface area contributed by atoms with Crippen molar-refractivity contribution >= 4 is 34.1 Å². The Labute approximate surface area is 180 Å². The zero-order valence-corrected chi connectivity index (χ0v) is 16.8. The van der Waals surface area contributed by atoms with Gasteiger partial charge in [0.2, 0.25) is 5.43 Å². The van der Waals surface area contributed by atoms with Crippen molar-refractivity contribution in [3.05, 3.63) is 93.7 Å². The van der Waals surface area contributed by atoms with Crippen LogP contribution in [0.2, 0.25) is 10.2 Å². The summed E-state index contributed by atoms with van der Waals surface area (Å²) in [6.45, 7) is 0. The van der Waals surface area contributed by atoms with Gasteiger partial charge in [0.15, 0.2) is 5.69 Å². The number of rotatable bonds is 3. The molecule has 0 aliphatic heterocycles. The van der Waals surface area contributed by atoms with Crippen LogP contribution in [0.15, 0.2) is 78.1 Å². The van der Waals surface area contributed by atoms with Gasteiger partial charge in [0.1, 0.15) is 5.15 Å². The summed E-state index contributed by atoms with van der Waals surface area (Å²) in [5, 5.41) is 10.7. The molecule has 0 bridgehead atoms. The fraction of sp³-hybridized carbons (Fsp3) is 0. The average Bonchev–Trinajstić information content (AvgIpc) is 3.23. The highest BCUT2D eigenvalue weighted by Gasteiger charge is 2.15. The van der Waals surface area contributed by atoms with Gasteiger partial charge >= 0.3 is 0 Å². The Balaban J connectivity index is 1.70. The van der Waals surface area contributed by atoms with Crippen LogP contribution in [0.4, 0.5) is 0 Å². The van der Waals surface area contributed by atoms with Gasteiger partial charge in [-0.15, -0.1) is 0 Å². The minimum absolute atomic E-state index is 0.227. The van der Waals surface area contributed by atoms with Gasteiger partial charge in [-0.1, -0.05) is 23.2 Å². The van der Waals surface area contributed by atoms with E-state index in [0.717, 1.165) is 16.6 Å². The lowest BCUT2D eigenvalue weighted by Gasteiger charge is -2.11. The molecule has 5 aromatic rings. The Hall–Kier alpha value is -3.55. The first kappa shape index (κ1) is 18.5. The fourth-order valence-corrected chi connectivity index (χ4v) is 3.56. The third kappa shape index (κ3) is 3.24. The number of halogens is 2. The van der Waals surface area contributed by atoms with E-state index in [-0.39, 0.29) is 11.1 Å². The lowest BCUT2D eigenvalue weighted by Crippen LogP contribution is -2.15. The smallest absolute Gasteiger partial charge is 0.209 e. The van der Waals surface area contributed by atoms with Crippen LogP contribution < -0.4 is 5.43 Å². The number of benzene rings is 1. The van der Waals surface area contributed by atoms with Crippen LogP contribution in [-0.4, -0.2) is 29.5 Å². The summed E-state index contributed by atoms with van der Waals surface area (Å²) < 4.78 is 3.25. The molecule has 0 fully saturated rings. The fourth-order valence-electron chi connectivity index (χ4n) is 3.23. The number of aromatic nitrogens is 6. The van der Waals surface area contributed by atoms with E-state index < -0.39 is 0 Å². The second-order valence-corrected chi connectivity index (χ2v) is 7.25. The zero-order valence-electron chi connectivity index (χ0n) is 15.3. The Kier molecular flexibility index (Phi) is 4.54. The van der Waals surface area contributed by atoms with Crippen molar-refractivity contribution in [2.45, 2.75) is 0 Å². The van der Waals surface area contributed by atoms with E-state index in [1.807, 2.05) is 12.1 Å². The molecule has 0 radical (unpaired) electrons. The Bertz CT molecular complexity index is 1460. The van der Waals surface area contributed by atoms with E-state index >= 15 is 0 Å². The molecule has 146 valence electrons. The molecule has 30 heavy (non-hydrogen) atoms. The molecule has 5 rings (SSSR count). The van der Waals surface area contributed by atoms with Gasteiger partial charge in [0.25, 0.3) is 0 Å². The van der Waals surface area contributed by atoms with E-state index in [2.05, 4.69) is 20.2 Å². The normalized spacial score (nSPS) is 11.1.